The Morgan fingerprint density at radius 1 is 1.47 bits per heavy atom. The highest BCUT2D eigenvalue weighted by Crippen LogP contribution is 2.18. The van der Waals surface area contributed by atoms with Crippen molar-refractivity contribution in [2.24, 2.45) is 5.73 Å². The minimum Gasteiger partial charge on any atom is -0.351 e. The van der Waals surface area contributed by atoms with Crippen LogP contribution in [0.3, 0.4) is 0 Å². The first-order chi connectivity index (χ1) is 7.25. The molecule has 0 spiro atoms. The molecular formula is C9H8N4O2. The molecule has 0 saturated heterocycles. The zero-order valence-electron chi connectivity index (χ0n) is 7.68. The van der Waals surface area contributed by atoms with E-state index in [9.17, 15) is 4.79 Å². The van der Waals surface area contributed by atoms with Crippen molar-refractivity contribution in [3.63, 3.8) is 0 Å². The maximum Gasteiger partial charge on any atom is 0.316 e. The van der Waals surface area contributed by atoms with Gasteiger partial charge in [0.25, 0.3) is 0 Å². The van der Waals surface area contributed by atoms with Crippen molar-refractivity contribution in [1.29, 1.82) is 0 Å². The molecule has 0 aliphatic rings. The van der Waals surface area contributed by atoms with Gasteiger partial charge >= 0.3 is 6.03 Å². The number of nitrogens with zero attached hydrogens (tertiary/aromatic N) is 2. The lowest BCUT2D eigenvalue weighted by Crippen LogP contribution is -2.19. The Bertz CT molecular complexity index is 467. The molecule has 0 fully saturated rings. The number of urea groups is 1. The molecule has 0 saturated carbocycles. The molecule has 0 aliphatic carbocycles. The van der Waals surface area contributed by atoms with E-state index in [1.54, 1.807) is 24.3 Å². The number of rotatable bonds is 2. The Morgan fingerprint density at radius 2 is 2.33 bits per heavy atom. The third-order valence-corrected chi connectivity index (χ3v) is 1.75. The van der Waals surface area contributed by atoms with Crippen molar-refractivity contribution >= 4 is 11.7 Å². The smallest absolute Gasteiger partial charge is 0.316 e. The molecule has 2 rings (SSSR count). The summed E-state index contributed by atoms with van der Waals surface area (Å²) in [5.74, 6) is 0.461. The number of anilines is 1. The number of primary amides is 1. The zero-order chi connectivity index (χ0) is 10.7. The Morgan fingerprint density at radius 3 is 3.00 bits per heavy atom. The third kappa shape index (κ3) is 2.11. The summed E-state index contributed by atoms with van der Waals surface area (Å²) in [6.07, 6.45) is 1.24. The molecule has 3 N–H and O–H groups in total. The van der Waals surface area contributed by atoms with Gasteiger partial charge in [-0.2, -0.15) is 4.98 Å². The van der Waals surface area contributed by atoms with E-state index < -0.39 is 6.03 Å². The Hall–Kier alpha value is -2.37. The van der Waals surface area contributed by atoms with Crippen molar-refractivity contribution in [2.75, 3.05) is 5.32 Å². The lowest BCUT2D eigenvalue weighted by atomic mass is 10.2. The third-order valence-electron chi connectivity index (χ3n) is 1.75. The zero-order valence-corrected chi connectivity index (χ0v) is 7.68. The van der Waals surface area contributed by atoms with E-state index in [2.05, 4.69) is 20.0 Å². The van der Waals surface area contributed by atoms with Gasteiger partial charge in [0.05, 0.1) is 0 Å². The molecule has 15 heavy (non-hydrogen) atoms. The van der Waals surface area contributed by atoms with Crippen LogP contribution in [0.15, 0.2) is 35.2 Å². The van der Waals surface area contributed by atoms with Crippen LogP contribution in [0.5, 0.6) is 0 Å². The fraction of sp³-hybridized carbons (Fsp3) is 0. The number of carbonyl (C=O) groups excluding carboxylic acids is 1. The molecule has 1 aromatic heterocycles. The van der Waals surface area contributed by atoms with Crippen LogP contribution in [0, 0.1) is 0 Å². The van der Waals surface area contributed by atoms with Crippen LogP contribution in [-0.2, 0) is 0 Å². The molecule has 0 unspecified atom stereocenters. The summed E-state index contributed by atoms with van der Waals surface area (Å²) in [6, 6.07) is 6.37. The molecule has 1 heterocycles. The van der Waals surface area contributed by atoms with E-state index in [0.29, 0.717) is 11.5 Å². The molecule has 1 aromatic carbocycles. The summed E-state index contributed by atoms with van der Waals surface area (Å²) in [7, 11) is 0. The highest BCUT2D eigenvalue weighted by Gasteiger charge is 2.04. The molecule has 0 aliphatic heterocycles. The molecule has 0 atom stereocenters. The highest BCUT2D eigenvalue weighted by atomic mass is 16.5. The number of carbonyl (C=O) groups is 1. The van der Waals surface area contributed by atoms with E-state index in [1.165, 1.54) is 6.39 Å². The number of hydrogen-bond donors (Lipinski definition) is 2. The molecule has 6 nitrogen and oxygen atoms in total. The second-order valence-corrected chi connectivity index (χ2v) is 2.82. The molecule has 0 radical (unpaired) electrons. The summed E-state index contributed by atoms with van der Waals surface area (Å²) >= 11 is 0. The Labute approximate surface area is 85.1 Å². The van der Waals surface area contributed by atoms with E-state index in [4.69, 9.17) is 5.73 Å². The van der Waals surface area contributed by atoms with Gasteiger partial charge in [-0.1, -0.05) is 17.3 Å². The summed E-state index contributed by atoms with van der Waals surface area (Å²) in [5.41, 5.74) is 6.33. The summed E-state index contributed by atoms with van der Waals surface area (Å²) in [6.45, 7) is 0. The Balaban J connectivity index is 2.31. The van der Waals surface area contributed by atoms with Crippen LogP contribution in [0.2, 0.25) is 0 Å². The van der Waals surface area contributed by atoms with Gasteiger partial charge in [-0.3, -0.25) is 0 Å². The highest BCUT2D eigenvalue weighted by molar-refractivity contribution is 5.88. The summed E-state index contributed by atoms with van der Waals surface area (Å²) in [5, 5.41) is 6.14. The van der Waals surface area contributed by atoms with Crippen LogP contribution >= 0.6 is 0 Å². The van der Waals surface area contributed by atoms with Gasteiger partial charge in [0.1, 0.15) is 0 Å². The molecule has 0 bridgehead atoms. The number of hydrogen-bond acceptors (Lipinski definition) is 4. The number of nitrogens with two attached hydrogens (primary N) is 1. The van der Waals surface area contributed by atoms with Crippen LogP contribution < -0.4 is 11.1 Å². The second-order valence-electron chi connectivity index (χ2n) is 2.82. The Kier molecular flexibility index (Phi) is 2.32. The van der Waals surface area contributed by atoms with Gasteiger partial charge in [-0.05, 0) is 12.1 Å². The monoisotopic (exact) mass is 204 g/mol. The normalized spacial score (nSPS) is 9.87. The fourth-order valence-corrected chi connectivity index (χ4v) is 1.18. The molecule has 76 valence electrons. The van der Waals surface area contributed by atoms with Crippen LogP contribution in [0.25, 0.3) is 11.4 Å². The predicted octanol–water partition coefficient (Wildman–Crippen LogP) is 1.23. The lowest BCUT2D eigenvalue weighted by molar-refractivity contribution is 0.259. The van der Waals surface area contributed by atoms with E-state index in [0.717, 1.165) is 5.56 Å². The van der Waals surface area contributed by atoms with Gasteiger partial charge in [-0.25, -0.2) is 4.79 Å². The minimum absolute atomic E-state index is 0.461. The van der Waals surface area contributed by atoms with Gasteiger partial charge in [0, 0.05) is 11.3 Å². The largest absolute Gasteiger partial charge is 0.351 e. The van der Waals surface area contributed by atoms with Crippen molar-refractivity contribution < 1.29 is 9.32 Å². The summed E-state index contributed by atoms with van der Waals surface area (Å²) < 4.78 is 4.62. The van der Waals surface area contributed by atoms with Crippen molar-refractivity contribution in [2.45, 2.75) is 0 Å². The first-order valence-corrected chi connectivity index (χ1v) is 4.19. The lowest BCUT2D eigenvalue weighted by Gasteiger charge is -2.02. The number of aromatic nitrogens is 2. The van der Waals surface area contributed by atoms with Gasteiger partial charge in [-0.15, -0.1) is 0 Å². The summed E-state index contributed by atoms with van der Waals surface area (Å²) in [4.78, 5) is 14.5. The van der Waals surface area contributed by atoms with Gasteiger partial charge < -0.3 is 15.6 Å². The van der Waals surface area contributed by atoms with Gasteiger partial charge in [0.2, 0.25) is 12.2 Å². The maximum absolute atomic E-state index is 10.6. The molecule has 6 heteroatoms. The predicted molar refractivity (Wildman–Crippen MR) is 52.9 cm³/mol. The van der Waals surface area contributed by atoms with E-state index in [-0.39, 0.29) is 0 Å². The van der Waals surface area contributed by atoms with E-state index >= 15 is 0 Å². The van der Waals surface area contributed by atoms with Crippen LogP contribution in [0.4, 0.5) is 10.5 Å². The maximum atomic E-state index is 10.6. The molecule has 2 aromatic rings. The quantitative estimate of drug-likeness (QED) is 0.769. The average Bonchev–Trinajstić information content (AvgIpc) is 2.69. The van der Waals surface area contributed by atoms with Crippen molar-refractivity contribution in [1.82, 2.24) is 10.1 Å². The molecule has 2 amide bonds. The average molecular weight is 204 g/mol. The topological polar surface area (TPSA) is 94.0 Å². The van der Waals surface area contributed by atoms with Crippen LogP contribution in [-0.4, -0.2) is 16.2 Å². The van der Waals surface area contributed by atoms with Crippen molar-refractivity contribution in [3.05, 3.63) is 30.7 Å². The first-order valence-electron chi connectivity index (χ1n) is 4.19. The van der Waals surface area contributed by atoms with E-state index in [1.807, 2.05) is 0 Å². The SMILES string of the molecule is NC(=O)Nc1cccc(-c2ncon2)c1. The number of nitrogens with one attached hydrogen (secondary N) is 1. The number of amides is 2. The number of benzene rings is 1. The van der Waals surface area contributed by atoms with Crippen molar-refractivity contribution in [3.8, 4) is 11.4 Å². The van der Waals surface area contributed by atoms with Crippen LogP contribution in [0.1, 0.15) is 0 Å². The second kappa shape index (κ2) is 3.79. The fourth-order valence-electron chi connectivity index (χ4n) is 1.18. The minimum atomic E-state index is -0.611. The first kappa shape index (κ1) is 9.20. The molecular weight excluding hydrogens is 196 g/mol. The van der Waals surface area contributed by atoms with Gasteiger partial charge in [0.15, 0.2) is 0 Å². The standard InChI is InChI=1S/C9H8N4O2/c10-9(14)12-7-3-1-2-6(4-7)8-11-5-15-13-8/h1-5H,(H3,10,12,14).